The molecule has 1 rings (SSSR count). The lowest BCUT2D eigenvalue weighted by atomic mass is 10.2. The van der Waals surface area contributed by atoms with E-state index in [-0.39, 0.29) is 21.2 Å². The Morgan fingerprint density at radius 2 is 2.00 bits per heavy atom. The van der Waals surface area contributed by atoms with Crippen LogP contribution in [0.25, 0.3) is 0 Å². The van der Waals surface area contributed by atoms with Gasteiger partial charge in [-0.15, -0.1) is 11.3 Å². The van der Waals surface area contributed by atoms with E-state index in [1.165, 1.54) is 6.92 Å². The molecule has 5 N–H and O–H groups in total. The first-order chi connectivity index (χ1) is 8.70. The van der Waals surface area contributed by atoms with Gasteiger partial charge in [-0.3, -0.25) is 4.79 Å². The number of nitrogens with one attached hydrogen (secondary N) is 1. The summed E-state index contributed by atoms with van der Waals surface area (Å²) in [5.74, 6) is -0.465. The zero-order chi connectivity index (χ0) is 14.8. The Morgan fingerprint density at radius 1 is 1.42 bits per heavy atom. The maximum absolute atomic E-state index is 12.1. The molecule has 1 aromatic rings. The fraction of sp³-hybridized carbons (Fsp3) is 0.545. The minimum Gasteiger partial charge on any atom is -0.396 e. The van der Waals surface area contributed by atoms with Crippen LogP contribution < -0.4 is 16.8 Å². The average Bonchev–Trinajstić information content (AvgIpc) is 2.64. The van der Waals surface area contributed by atoms with Gasteiger partial charge in [-0.25, -0.2) is 8.42 Å². The molecule has 6 nitrogen and oxygen atoms in total. The fourth-order valence-corrected chi connectivity index (χ4v) is 4.00. The largest absolute Gasteiger partial charge is 0.396 e. The van der Waals surface area contributed by atoms with E-state index in [1.807, 2.05) is 13.8 Å². The molecule has 0 fully saturated rings. The molecule has 0 spiro atoms. The summed E-state index contributed by atoms with van der Waals surface area (Å²) < 4.78 is 24.1. The van der Waals surface area contributed by atoms with Crippen LogP contribution in [-0.4, -0.2) is 26.6 Å². The number of rotatable bonds is 6. The van der Waals surface area contributed by atoms with Crippen LogP contribution in [-0.2, 0) is 9.84 Å². The number of amides is 1. The van der Waals surface area contributed by atoms with Crippen LogP contribution >= 0.6 is 11.3 Å². The molecule has 0 unspecified atom stereocenters. The standard InChI is InChI=1S/C11H19N3O3S2/c1-4-19(16,17)9-7(12)8(10(13)15)18-11(9)14-5-6(2)3/h6,14H,4-5,12H2,1-3H3,(H2,13,15). The van der Waals surface area contributed by atoms with Crippen molar-refractivity contribution in [1.82, 2.24) is 0 Å². The molecule has 0 saturated heterocycles. The molecule has 0 aliphatic heterocycles. The Balaban J connectivity index is 3.36. The summed E-state index contributed by atoms with van der Waals surface area (Å²) in [5.41, 5.74) is 10.9. The Bertz CT molecular complexity index is 576. The van der Waals surface area contributed by atoms with Gasteiger partial charge < -0.3 is 16.8 Å². The number of hydrogen-bond acceptors (Lipinski definition) is 6. The zero-order valence-electron chi connectivity index (χ0n) is 11.2. The van der Waals surface area contributed by atoms with E-state index in [4.69, 9.17) is 11.5 Å². The fourth-order valence-electron chi connectivity index (χ4n) is 1.48. The van der Waals surface area contributed by atoms with Crippen LogP contribution in [0.1, 0.15) is 30.4 Å². The molecular formula is C11H19N3O3S2. The predicted molar refractivity (Wildman–Crippen MR) is 78.3 cm³/mol. The Labute approximate surface area is 117 Å². The summed E-state index contributed by atoms with van der Waals surface area (Å²) in [4.78, 5) is 11.3. The summed E-state index contributed by atoms with van der Waals surface area (Å²) >= 11 is 0.989. The molecule has 8 heteroatoms. The van der Waals surface area contributed by atoms with Crippen LogP contribution in [0.4, 0.5) is 10.7 Å². The number of sulfone groups is 1. The number of thiophene rings is 1. The van der Waals surface area contributed by atoms with Crippen molar-refractivity contribution in [3.8, 4) is 0 Å². The average molecular weight is 305 g/mol. The van der Waals surface area contributed by atoms with Gasteiger partial charge >= 0.3 is 0 Å². The second kappa shape index (κ2) is 5.79. The Morgan fingerprint density at radius 3 is 2.42 bits per heavy atom. The first-order valence-electron chi connectivity index (χ1n) is 5.89. The third-order valence-corrected chi connectivity index (χ3v) is 5.60. The van der Waals surface area contributed by atoms with Crippen molar-refractivity contribution in [3.05, 3.63) is 4.88 Å². The lowest BCUT2D eigenvalue weighted by molar-refractivity contribution is 0.100. The molecule has 0 aromatic carbocycles. The van der Waals surface area contributed by atoms with E-state index >= 15 is 0 Å². The van der Waals surface area contributed by atoms with Crippen LogP contribution in [0.5, 0.6) is 0 Å². The van der Waals surface area contributed by atoms with Crippen molar-refractivity contribution < 1.29 is 13.2 Å². The maximum atomic E-state index is 12.1. The van der Waals surface area contributed by atoms with Gasteiger partial charge in [0.15, 0.2) is 9.84 Å². The van der Waals surface area contributed by atoms with E-state index in [0.717, 1.165) is 11.3 Å². The van der Waals surface area contributed by atoms with E-state index < -0.39 is 15.7 Å². The second-order valence-electron chi connectivity index (χ2n) is 4.55. The molecule has 108 valence electrons. The smallest absolute Gasteiger partial charge is 0.261 e. The number of nitrogens with two attached hydrogens (primary N) is 2. The topological polar surface area (TPSA) is 115 Å². The van der Waals surface area contributed by atoms with Crippen LogP contribution in [0, 0.1) is 5.92 Å². The Kier molecular flexibility index (Phi) is 4.81. The van der Waals surface area contributed by atoms with Gasteiger partial charge in [-0.1, -0.05) is 20.8 Å². The summed E-state index contributed by atoms with van der Waals surface area (Å²) in [6, 6.07) is 0. The minimum absolute atomic E-state index is 0.00514. The number of nitrogen functional groups attached to an aromatic ring is 1. The molecule has 0 bridgehead atoms. The lowest BCUT2D eigenvalue weighted by Crippen LogP contribution is -2.13. The van der Waals surface area contributed by atoms with E-state index in [0.29, 0.717) is 17.5 Å². The molecule has 0 atom stereocenters. The highest BCUT2D eigenvalue weighted by Crippen LogP contribution is 2.39. The van der Waals surface area contributed by atoms with E-state index in [2.05, 4.69) is 5.32 Å². The summed E-state index contributed by atoms with van der Waals surface area (Å²) in [6.45, 7) is 6.10. The molecular weight excluding hydrogens is 286 g/mol. The van der Waals surface area contributed by atoms with Gasteiger partial charge in [0.05, 0.1) is 11.4 Å². The van der Waals surface area contributed by atoms with Crippen LogP contribution in [0.2, 0.25) is 0 Å². The third kappa shape index (κ3) is 3.38. The van der Waals surface area contributed by atoms with Gasteiger partial charge in [-0.05, 0) is 5.92 Å². The van der Waals surface area contributed by atoms with Crippen molar-refractivity contribution in [2.45, 2.75) is 25.7 Å². The number of carbonyl (C=O) groups is 1. The number of hydrogen-bond donors (Lipinski definition) is 3. The van der Waals surface area contributed by atoms with Gasteiger partial charge in [0.2, 0.25) is 0 Å². The molecule has 1 amide bonds. The number of primary amides is 1. The van der Waals surface area contributed by atoms with Crippen molar-refractivity contribution in [2.75, 3.05) is 23.3 Å². The first-order valence-corrected chi connectivity index (χ1v) is 8.36. The maximum Gasteiger partial charge on any atom is 0.261 e. The highest BCUT2D eigenvalue weighted by Gasteiger charge is 2.27. The molecule has 0 aliphatic carbocycles. The zero-order valence-corrected chi connectivity index (χ0v) is 12.8. The highest BCUT2D eigenvalue weighted by molar-refractivity contribution is 7.91. The van der Waals surface area contributed by atoms with Gasteiger partial charge in [0, 0.05) is 6.54 Å². The lowest BCUT2D eigenvalue weighted by Gasteiger charge is -2.09. The van der Waals surface area contributed by atoms with E-state index in [1.54, 1.807) is 0 Å². The molecule has 0 radical (unpaired) electrons. The summed E-state index contributed by atoms with van der Waals surface area (Å²) in [7, 11) is -3.50. The summed E-state index contributed by atoms with van der Waals surface area (Å²) in [5, 5.41) is 3.41. The molecule has 1 aromatic heterocycles. The van der Waals surface area contributed by atoms with Crippen molar-refractivity contribution >= 4 is 37.8 Å². The SMILES string of the molecule is CCS(=O)(=O)c1c(NCC(C)C)sc(C(N)=O)c1N. The second-order valence-corrected chi connectivity index (χ2v) is 7.78. The third-order valence-electron chi connectivity index (χ3n) is 2.49. The first kappa shape index (κ1) is 15.8. The monoisotopic (exact) mass is 305 g/mol. The minimum atomic E-state index is -3.50. The molecule has 0 aliphatic rings. The van der Waals surface area contributed by atoms with Crippen molar-refractivity contribution in [1.29, 1.82) is 0 Å². The summed E-state index contributed by atoms with van der Waals surface area (Å²) in [6.07, 6.45) is 0. The molecule has 1 heterocycles. The quantitative estimate of drug-likeness (QED) is 0.732. The Hall–Kier alpha value is -1.28. The number of anilines is 2. The van der Waals surface area contributed by atoms with E-state index in [9.17, 15) is 13.2 Å². The van der Waals surface area contributed by atoms with Crippen LogP contribution in [0.15, 0.2) is 4.90 Å². The highest BCUT2D eigenvalue weighted by atomic mass is 32.2. The molecule has 19 heavy (non-hydrogen) atoms. The van der Waals surface area contributed by atoms with Crippen LogP contribution in [0.3, 0.4) is 0 Å². The normalized spacial score (nSPS) is 11.8. The van der Waals surface area contributed by atoms with Gasteiger partial charge in [0.25, 0.3) is 5.91 Å². The number of carbonyl (C=O) groups excluding carboxylic acids is 1. The predicted octanol–water partition coefficient (Wildman–Crippen LogP) is 1.29. The van der Waals surface area contributed by atoms with Gasteiger partial charge in [0.1, 0.15) is 14.8 Å². The molecule has 0 saturated carbocycles. The van der Waals surface area contributed by atoms with Crippen molar-refractivity contribution in [2.24, 2.45) is 11.7 Å². The van der Waals surface area contributed by atoms with Crippen molar-refractivity contribution in [3.63, 3.8) is 0 Å². The van der Waals surface area contributed by atoms with Gasteiger partial charge in [-0.2, -0.15) is 0 Å².